The molecule has 1 saturated heterocycles. The standard InChI is InChI=1S/C26H27N3O2/c30-25-13-6-5-12-24(25)28-18-16-27(17-19-28)15-7-14-26(31)29-22-10-3-1-8-20(22)21-9-2-4-11-23(21)29/h1-6,8-13,30H,7,14-19H2. The zero-order chi connectivity index (χ0) is 21.2. The van der Waals surface area contributed by atoms with E-state index in [1.165, 1.54) is 0 Å². The zero-order valence-corrected chi connectivity index (χ0v) is 17.6. The van der Waals surface area contributed by atoms with Gasteiger partial charge >= 0.3 is 0 Å². The molecule has 158 valence electrons. The number of carbonyl (C=O) groups is 1. The molecule has 0 unspecified atom stereocenters. The number of para-hydroxylation sites is 4. The summed E-state index contributed by atoms with van der Waals surface area (Å²) in [4.78, 5) is 17.8. The van der Waals surface area contributed by atoms with E-state index in [0.717, 1.165) is 66.6 Å². The summed E-state index contributed by atoms with van der Waals surface area (Å²) >= 11 is 0. The number of carbonyl (C=O) groups excluding carboxylic acids is 1. The van der Waals surface area contributed by atoms with E-state index in [9.17, 15) is 9.90 Å². The minimum atomic E-state index is 0.158. The number of benzene rings is 3. The Bertz CT molecular complexity index is 1170. The van der Waals surface area contributed by atoms with Crippen LogP contribution < -0.4 is 4.90 Å². The fourth-order valence-corrected chi connectivity index (χ4v) is 4.70. The highest BCUT2D eigenvalue weighted by Gasteiger charge is 2.20. The first kappa shape index (κ1) is 19.6. The van der Waals surface area contributed by atoms with Crippen molar-refractivity contribution in [3.8, 4) is 5.75 Å². The quantitative estimate of drug-likeness (QED) is 0.513. The van der Waals surface area contributed by atoms with Gasteiger partial charge in [-0.1, -0.05) is 48.5 Å². The van der Waals surface area contributed by atoms with Crippen LogP contribution >= 0.6 is 0 Å². The lowest BCUT2D eigenvalue weighted by Gasteiger charge is -2.36. The molecule has 5 heteroatoms. The predicted molar refractivity (Wildman–Crippen MR) is 126 cm³/mol. The zero-order valence-electron chi connectivity index (χ0n) is 17.6. The molecule has 4 aromatic rings. The Morgan fingerprint density at radius 2 is 1.35 bits per heavy atom. The lowest BCUT2D eigenvalue weighted by molar-refractivity contribution is 0.0904. The lowest BCUT2D eigenvalue weighted by Crippen LogP contribution is -2.46. The maximum Gasteiger partial charge on any atom is 0.231 e. The van der Waals surface area contributed by atoms with Crippen molar-refractivity contribution in [2.75, 3.05) is 37.6 Å². The van der Waals surface area contributed by atoms with Crippen LogP contribution in [0.5, 0.6) is 5.75 Å². The maximum atomic E-state index is 13.2. The van der Waals surface area contributed by atoms with Crippen molar-refractivity contribution in [3.63, 3.8) is 0 Å². The van der Waals surface area contributed by atoms with Gasteiger partial charge < -0.3 is 10.0 Å². The Balaban J connectivity index is 1.21. The molecule has 1 fully saturated rings. The number of anilines is 1. The summed E-state index contributed by atoms with van der Waals surface area (Å²) in [5, 5.41) is 12.3. The highest BCUT2D eigenvalue weighted by Crippen LogP contribution is 2.29. The van der Waals surface area contributed by atoms with Crippen LogP contribution in [0.25, 0.3) is 21.8 Å². The molecule has 5 nitrogen and oxygen atoms in total. The third-order valence-corrected chi connectivity index (χ3v) is 6.29. The number of aromatic nitrogens is 1. The average Bonchev–Trinajstić information content (AvgIpc) is 3.15. The van der Waals surface area contributed by atoms with Crippen LogP contribution in [0, 0.1) is 0 Å². The number of hydrogen-bond acceptors (Lipinski definition) is 4. The van der Waals surface area contributed by atoms with Crippen molar-refractivity contribution < 1.29 is 9.90 Å². The normalized spacial score (nSPS) is 15.0. The van der Waals surface area contributed by atoms with Gasteiger partial charge in [0, 0.05) is 43.4 Å². The van der Waals surface area contributed by atoms with Crippen molar-refractivity contribution in [3.05, 3.63) is 72.8 Å². The van der Waals surface area contributed by atoms with Crippen molar-refractivity contribution in [2.45, 2.75) is 12.8 Å². The summed E-state index contributed by atoms with van der Waals surface area (Å²) in [6.45, 7) is 4.57. The molecule has 5 rings (SSSR count). The van der Waals surface area contributed by atoms with Crippen molar-refractivity contribution in [2.24, 2.45) is 0 Å². The van der Waals surface area contributed by atoms with Gasteiger partial charge in [-0.05, 0) is 37.2 Å². The number of aromatic hydroxyl groups is 1. The molecule has 0 amide bonds. The Labute approximate surface area is 182 Å². The largest absolute Gasteiger partial charge is 0.506 e. The van der Waals surface area contributed by atoms with Gasteiger partial charge in [-0.3, -0.25) is 14.3 Å². The van der Waals surface area contributed by atoms with Gasteiger partial charge in [-0.25, -0.2) is 0 Å². The molecule has 0 saturated carbocycles. The Morgan fingerprint density at radius 1 is 0.774 bits per heavy atom. The highest BCUT2D eigenvalue weighted by atomic mass is 16.3. The fourth-order valence-electron chi connectivity index (χ4n) is 4.70. The van der Waals surface area contributed by atoms with E-state index in [-0.39, 0.29) is 5.91 Å². The summed E-state index contributed by atoms with van der Waals surface area (Å²) in [6.07, 6.45) is 1.37. The second-order valence-corrected chi connectivity index (χ2v) is 8.18. The highest BCUT2D eigenvalue weighted by molar-refractivity contribution is 6.13. The number of piperazine rings is 1. The molecule has 1 aliphatic rings. The van der Waals surface area contributed by atoms with Crippen LogP contribution in [-0.4, -0.2) is 53.2 Å². The number of phenols is 1. The second-order valence-electron chi connectivity index (χ2n) is 8.18. The number of fused-ring (bicyclic) bond motifs is 3. The fraction of sp³-hybridized carbons (Fsp3) is 0.269. The van der Waals surface area contributed by atoms with Crippen LogP contribution in [-0.2, 0) is 0 Å². The first-order valence-electron chi connectivity index (χ1n) is 11.0. The first-order chi connectivity index (χ1) is 15.2. The van der Waals surface area contributed by atoms with Crippen LogP contribution in [0.4, 0.5) is 5.69 Å². The molecule has 0 bridgehead atoms. The van der Waals surface area contributed by atoms with Gasteiger partial charge in [-0.2, -0.15) is 0 Å². The van der Waals surface area contributed by atoms with Crippen LogP contribution in [0.1, 0.15) is 17.6 Å². The molecule has 0 atom stereocenters. The minimum Gasteiger partial charge on any atom is -0.506 e. The van der Waals surface area contributed by atoms with Crippen molar-refractivity contribution in [1.29, 1.82) is 0 Å². The van der Waals surface area contributed by atoms with E-state index < -0.39 is 0 Å². The van der Waals surface area contributed by atoms with E-state index in [0.29, 0.717) is 12.2 Å². The van der Waals surface area contributed by atoms with E-state index in [1.807, 2.05) is 59.2 Å². The molecule has 0 aliphatic carbocycles. The summed E-state index contributed by atoms with van der Waals surface area (Å²) in [5.41, 5.74) is 2.89. The Hall–Kier alpha value is -3.31. The number of nitrogens with zero attached hydrogens (tertiary/aromatic N) is 3. The van der Waals surface area contributed by atoms with E-state index in [2.05, 4.69) is 21.9 Å². The SMILES string of the molecule is O=C(CCCN1CCN(c2ccccc2O)CC1)n1c2ccccc2c2ccccc21. The van der Waals surface area contributed by atoms with Gasteiger partial charge in [0.1, 0.15) is 5.75 Å². The van der Waals surface area contributed by atoms with E-state index >= 15 is 0 Å². The van der Waals surface area contributed by atoms with E-state index in [1.54, 1.807) is 6.07 Å². The molecule has 31 heavy (non-hydrogen) atoms. The summed E-state index contributed by atoms with van der Waals surface area (Å²) in [5.74, 6) is 0.498. The summed E-state index contributed by atoms with van der Waals surface area (Å²) < 4.78 is 1.89. The van der Waals surface area contributed by atoms with Gasteiger partial charge in [-0.15, -0.1) is 0 Å². The van der Waals surface area contributed by atoms with Gasteiger partial charge in [0.05, 0.1) is 16.7 Å². The summed E-state index contributed by atoms with van der Waals surface area (Å²) in [6, 6.07) is 23.8. The smallest absolute Gasteiger partial charge is 0.231 e. The molecule has 0 spiro atoms. The maximum absolute atomic E-state index is 13.2. The van der Waals surface area contributed by atoms with Gasteiger partial charge in [0.15, 0.2) is 0 Å². The number of rotatable bonds is 5. The molecule has 1 aliphatic heterocycles. The van der Waals surface area contributed by atoms with Crippen molar-refractivity contribution in [1.82, 2.24) is 9.47 Å². The molecule has 1 aromatic heterocycles. The topological polar surface area (TPSA) is 48.7 Å². The number of phenolic OH excluding ortho intramolecular Hbond substituents is 1. The molecule has 0 radical (unpaired) electrons. The second kappa shape index (κ2) is 8.44. The monoisotopic (exact) mass is 413 g/mol. The first-order valence-corrected chi connectivity index (χ1v) is 11.0. The molecule has 3 aromatic carbocycles. The van der Waals surface area contributed by atoms with Crippen LogP contribution in [0.3, 0.4) is 0 Å². The Morgan fingerprint density at radius 3 is 2.00 bits per heavy atom. The number of hydrogen-bond donors (Lipinski definition) is 1. The van der Waals surface area contributed by atoms with Gasteiger partial charge in [0.25, 0.3) is 0 Å². The molecular formula is C26H27N3O2. The van der Waals surface area contributed by atoms with E-state index in [4.69, 9.17) is 0 Å². The third kappa shape index (κ3) is 3.77. The van der Waals surface area contributed by atoms with Crippen LogP contribution in [0.2, 0.25) is 0 Å². The molecule has 2 heterocycles. The van der Waals surface area contributed by atoms with Crippen LogP contribution in [0.15, 0.2) is 72.8 Å². The summed E-state index contributed by atoms with van der Waals surface area (Å²) in [7, 11) is 0. The Kier molecular flexibility index (Phi) is 5.35. The third-order valence-electron chi connectivity index (χ3n) is 6.29. The molecule has 1 N–H and O–H groups in total. The predicted octanol–water partition coefficient (Wildman–Crippen LogP) is 4.74. The lowest BCUT2D eigenvalue weighted by atomic mass is 10.2. The average molecular weight is 414 g/mol. The molecular weight excluding hydrogens is 386 g/mol. The van der Waals surface area contributed by atoms with Gasteiger partial charge in [0.2, 0.25) is 5.91 Å². The minimum absolute atomic E-state index is 0.158. The van der Waals surface area contributed by atoms with Crippen molar-refractivity contribution >= 4 is 33.4 Å².